The Bertz CT molecular complexity index is 1640. The molecule has 2 fully saturated rings. The number of nitrogens with zero attached hydrogens (tertiary/aromatic N) is 4. The highest BCUT2D eigenvalue weighted by Gasteiger charge is 2.66. The van der Waals surface area contributed by atoms with Crippen LogP contribution in [0.15, 0.2) is 43.0 Å². The van der Waals surface area contributed by atoms with E-state index in [9.17, 15) is 9.36 Å². The molecule has 0 unspecified atom stereocenters. The molecule has 2 aromatic heterocycles. The van der Waals surface area contributed by atoms with Crippen LogP contribution in [0.5, 0.6) is 0 Å². The molecule has 0 bridgehead atoms. The van der Waals surface area contributed by atoms with Gasteiger partial charge in [-0.25, -0.2) is 19.5 Å². The summed E-state index contributed by atoms with van der Waals surface area (Å²) in [6, 6.07) is 8.82. The van der Waals surface area contributed by atoms with E-state index in [0.717, 1.165) is 0 Å². The summed E-state index contributed by atoms with van der Waals surface area (Å²) in [5.41, 5.74) is -0.575. The number of amides is 1. The number of ether oxygens (including phenoxy) is 1. The number of fused-ring (bicyclic) bond motifs is 2. The van der Waals surface area contributed by atoms with Crippen LogP contribution in [0.25, 0.3) is 11.2 Å². The number of phosphoric ester groups is 1. The zero-order chi connectivity index (χ0) is 35.5. The average molecular weight is 704 g/mol. The fourth-order valence-corrected chi connectivity index (χ4v) is 13.4. The van der Waals surface area contributed by atoms with Crippen LogP contribution >= 0.6 is 7.82 Å². The van der Waals surface area contributed by atoms with E-state index in [-0.39, 0.29) is 28.4 Å². The van der Waals surface area contributed by atoms with E-state index in [1.54, 1.807) is 70.4 Å². The van der Waals surface area contributed by atoms with Crippen LogP contribution in [0.1, 0.15) is 99.7 Å². The predicted molar refractivity (Wildman–Crippen MR) is 184 cm³/mol. The molecule has 1 N–H and O–H groups in total. The Hall–Kier alpha value is -2.55. The van der Waals surface area contributed by atoms with Crippen molar-refractivity contribution in [3.8, 4) is 0 Å². The zero-order valence-corrected chi connectivity index (χ0v) is 32.0. The second kappa shape index (κ2) is 12.6. The zero-order valence-electron chi connectivity index (χ0n) is 30.1. The minimum absolute atomic E-state index is 0.227. The number of hydrogen-bond acceptors (Lipinski definition) is 11. The lowest BCUT2D eigenvalue weighted by molar-refractivity contribution is -0.0797. The highest BCUT2D eigenvalue weighted by atomic mass is 31.2. The van der Waals surface area contributed by atoms with Gasteiger partial charge in [-0.3, -0.25) is 22.9 Å². The minimum atomic E-state index is -4.27. The van der Waals surface area contributed by atoms with E-state index in [1.807, 2.05) is 6.07 Å². The Labute approximate surface area is 284 Å². The maximum atomic E-state index is 14.6. The summed E-state index contributed by atoms with van der Waals surface area (Å²) in [5, 5.41) is 2.16. The van der Waals surface area contributed by atoms with Gasteiger partial charge in [-0.1, -0.05) is 59.7 Å². The highest BCUT2D eigenvalue weighted by molar-refractivity contribution is 7.48. The van der Waals surface area contributed by atoms with Gasteiger partial charge < -0.3 is 18.9 Å². The van der Waals surface area contributed by atoms with Crippen LogP contribution in [0, 0.1) is 0 Å². The second-order valence-electron chi connectivity index (χ2n) is 16.4. The monoisotopic (exact) mass is 703 g/mol. The molecule has 15 heteroatoms. The predicted octanol–water partition coefficient (Wildman–Crippen LogP) is 7.56. The maximum Gasteiger partial charge on any atom is 0.476 e. The number of aromatic nitrogens is 4. The molecule has 13 nitrogen and oxygen atoms in total. The van der Waals surface area contributed by atoms with Gasteiger partial charge in [-0.05, 0) is 53.7 Å². The average Bonchev–Trinajstić information content (AvgIpc) is 3.51. The van der Waals surface area contributed by atoms with Gasteiger partial charge >= 0.3 is 16.4 Å². The largest absolute Gasteiger partial charge is 0.476 e. The van der Waals surface area contributed by atoms with Crippen molar-refractivity contribution in [3.05, 3.63) is 48.5 Å². The van der Waals surface area contributed by atoms with Crippen molar-refractivity contribution < 1.29 is 36.5 Å². The fourth-order valence-electron chi connectivity index (χ4n) is 6.44. The van der Waals surface area contributed by atoms with Crippen LogP contribution in [0.3, 0.4) is 0 Å². The Kier molecular flexibility index (Phi) is 9.68. The number of hydrogen-bond donors (Lipinski definition) is 1. The fraction of sp³-hybridized carbons (Fsp3) is 0.636. The van der Waals surface area contributed by atoms with Gasteiger partial charge in [-0.2, -0.15) is 0 Å². The standard InChI is InChI=1S/C33H50N5O8PSi/c1-30(2,3)45-47(40,46-31(4,5)6)43-25-24-22(18-41-48(44-24,32(7,8)9)33(10,11)12)42-29(25)38-20-36-23-26(34-19-35-27(23)38)37-28(39)21-16-14-13-15-17-21/h13-17,19-20,22,24-25,29H,18H2,1-12H3,(H,34,35,37,39)/t22-,24-,25-,29-/m1/s1. The second-order valence-corrected chi connectivity index (χ2v) is 22.6. The van der Waals surface area contributed by atoms with E-state index in [2.05, 4.69) is 61.8 Å². The normalized spacial score (nSPS) is 23.7. The Morgan fingerprint density at radius 3 is 2.08 bits per heavy atom. The molecule has 2 aliphatic rings. The van der Waals surface area contributed by atoms with Gasteiger partial charge in [0.2, 0.25) is 0 Å². The van der Waals surface area contributed by atoms with E-state index < -0.39 is 52.1 Å². The first-order valence-corrected chi connectivity index (χ1v) is 19.5. The summed E-state index contributed by atoms with van der Waals surface area (Å²) in [6.45, 7) is 23.7. The van der Waals surface area contributed by atoms with Crippen LogP contribution in [-0.4, -0.2) is 70.1 Å². The smallest absolute Gasteiger partial charge is 0.391 e. The molecule has 264 valence electrons. The Balaban J connectivity index is 1.59. The van der Waals surface area contributed by atoms with Gasteiger partial charge in [-0.15, -0.1) is 0 Å². The first-order chi connectivity index (χ1) is 22.0. The summed E-state index contributed by atoms with van der Waals surface area (Å²) in [4.78, 5) is 26.4. The van der Waals surface area contributed by atoms with E-state index in [1.165, 1.54) is 12.7 Å². The summed E-state index contributed by atoms with van der Waals surface area (Å²) in [6.07, 6.45) is -0.348. The van der Waals surface area contributed by atoms with E-state index in [4.69, 9.17) is 27.2 Å². The lowest BCUT2D eigenvalue weighted by Crippen LogP contribution is -2.65. The molecule has 2 saturated heterocycles. The molecule has 1 amide bonds. The van der Waals surface area contributed by atoms with Crippen molar-refractivity contribution in [2.75, 3.05) is 11.9 Å². The van der Waals surface area contributed by atoms with Crippen LogP contribution in [0.2, 0.25) is 10.1 Å². The first-order valence-electron chi connectivity index (χ1n) is 16.2. The maximum absolute atomic E-state index is 14.6. The van der Waals surface area contributed by atoms with Crippen LogP contribution in [0.4, 0.5) is 5.82 Å². The molecule has 0 radical (unpaired) electrons. The Morgan fingerprint density at radius 2 is 1.52 bits per heavy atom. The molecule has 0 aliphatic carbocycles. The molecule has 4 atom stereocenters. The highest BCUT2D eigenvalue weighted by Crippen LogP contribution is 2.61. The number of imidazole rings is 1. The van der Waals surface area contributed by atoms with Gasteiger partial charge in [0, 0.05) is 15.6 Å². The van der Waals surface area contributed by atoms with Gasteiger partial charge in [0.15, 0.2) is 23.2 Å². The molecule has 1 aromatic carbocycles. The molecule has 4 heterocycles. The Morgan fingerprint density at radius 1 is 0.917 bits per heavy atom. The number of anilines is 1. The number of carbonyl (C=O) groups is 1. The van der Waals surface area contributed by atoms with Crippen molar-refractivity contribution >= 4 is 39.3 Å². The molecule has 3 aromatic rings. The van der Waals surface area contributed by atoms with Crippen molar-refractivity contribution in [1.29, 1.82) is 0 Å². The molecular formula is C33H50N5O8PSi. The molecule has 5 rings (SSSR count). The third-order valence-corrected chi connectivity index (χ3v) is 15.1. The molecule has 0 saturated carbocycles. The van der Waals surface area contributed by atoms with E-state index >= 15 is 0 Å². The van der Waals surface area contributed by atoms with Gasteiger partial charge in [0.1, 0.15) is 24.6 Å². The third kappa shape index (κ3) is 7.46. The summed E-state index contributed by atoms with van der Waals surface area (Å²) >= 11 is 0. The molecule has 0 spiro atoms. The first kappa shape index (κ1) is 36.7. The molecular weight excluding hydrogens is 653 g/mol. The molecule has 2 aliphatic heterocycles. The minimum Gasteiger partial charge on any atom is -0.391 e. The van der Waals surface area contributed by atoms with Crippen molar-refractivity contribution in [1.82, 2.24) is 19.5 Å². The molecule has 48 heavy (non-hydrogen) atoms. The number of benzene rings is 1. The van der Waals surface area contributed by atoms with Crippen LogP contribution in [-0.2, 0) is 31.7 Å². The summed E-state index contributed by atoms with van der Waals surface area (Å²) in [5.74, 6) is -0.116. The number of rotatable bonds is 7. The summed E-state index contributed by atoms with van der Waals surface area (Å²) < 4.78 is 55.5. The van der Waals surface area contributed by atoms with Gasteiger partial charge in [0.05, 0.1) is 24.1 Å². The number of phosphoric acid groups is 1. The van der Waals surface area contributed by atoms with Crippen LogP contribution < -0.4 is 5.32 Å². The SMILES string of the molecule is CC(C)(C)OP(=O)(O[C@@H]1[C@@H]2O[Si](C(C)(C)C)(C(C)(C)C)OC[C@H]2O[C@H]1n1cnc2c(NC(=O)c3ccccc3)ncnc21)OC(C)(C)C. The lowest BCUT2D eigenvalue weighted by Gasteiger charge is -2.53. The van der Waals surface area contributed by atoms with Gasteiger partial charge in [0.25, 0.3) is 5.91 Å². The lowest BCUT2D eigenvalue weighted by atomic mass is 10.1. The van der Waals surface area contributed by atoms with Crippen molar-refractivity contribution in [3.63, 3.8) is 0 Å². The number of nitrogens with one attached hydrogen (secondary N) is 1. The van der Waals surface area contributed by atoms with Crippen molar-refractivity contribution in [2.45, 2.75) is 129 Å². The van der Waals surface area contributed by atoms with Crippen molar-refractivity contribution in [2.24, 2.45) is 0 Å². The topological polar surface area (TPSA) is 145 Å². The van der Waals surface area contributed by atoms with E-state index in [0.29, 0.717) is 16.7 Å². The number of carbonyl (C=O) groups excluding carboxylic acids is 1. The summed E-state index contributed by atoms with van der Waals surface area (Å²) in [7, 11) is -7.31. The quantitative estimate of drug-likeness (QED) is 0.192. The third-order valence-electron chi connectivity index (χ3n) is 7.94.